The van der Waals surface area contributed by atoms with E-state index in [0.29, 0.717) is 13.2 Å². The molecule has 0 aliphatic carbocycles. The third-order valence-electron chi connectivity index (χ3n) is 1.72. The predicted molar refractivity (Wildman–Crippen MR) is 36.8 cm³/mol. The fourth-order valence-corrected chi connectivity index (χ4v) is 0.996. The standard InChI is InChI=1S/C6H12N2O2/c1-8-5(4-10-2)3-7-6(8)9/h5H,3-4H2,1-2H3,(H,7,9). The van der Waals surface area contributed by atoms with Gasteiger partial charge in [-0.15, -0.1) is 0 Å². The molecule has 2 amide bonds. The van der Waals surface area contributed by atoms with E-state index in [-0.39, 0.29) is 12.1 Å². The van der Waals surface area contributed by atoms with Gasteiger partial charge in [-0.25, -0.2) is 4.79 Å². The highest BCUT2D eigenvalue weighted by Gasteiger charge is 2.26. The molecule has 1 unspecified atom stereocenters. The molecule has 10 heavy (non-hydrogen) atoms. The van der Waals surface area contributed by atoms with E-state index in [2.05, 4.69) is 5.32 Å². The van der Waals surface area contributed by atoms with Gasteiger partial charge >= 0.3 is 6.03 Å². The molecule has 0 saturated carbocycles. The summed E-state index contributed by atoms with van der Waals surface area (Å²) >= 11 is 0. The zero-order valence-electron chi connectivity index (χ0n) is 6.26. The van der Waals surface area contributed by atoms with Gasteiger partial charge in [-0.2, -0.15) is 0 Å². The zero-order valence-corrected chi connectivity index (χ0v) is 6.26. The Hall–Kier alpha value is -0.770. The van der Waals surface area contributed by atoms with Crippen LogP contribution in [0.2, 0.25) is 0 Å². The van der Waals surface area contributed by atoms with Gasteiger partial charge in [-0.1, -0.05) is 0 Å². The summed E-state index contributed by atoms with van der Waals surface area (Å²) in [6.07, 6.45) is 0. The normalized spacial score (nSPS) is 25.2. The van der Waals surface area contributed by atoms with Crippen LogP contribution < -0.4 is 5.32 Å². The molecule has 1 rings (SSSR count). The third-order valence-corrected chi connectivity index (χ3v) is 1.72. The molecule has 1 atom stereocenters. The first-order valence-corrected chi connectivity index (χ1v) is 3.25. The van der Waals surface area contributed by atoms with E-state index in [1.807, 2.05) is 0 Å². The van der Waals surface area contributed by atoms with E-state index in [1.54, 1.807) is 19.1 Å². The molecule has 0 aromatic heterocycles. The number of amides is 2. The first-order valence-electron chi connectivity index (χ1n) is 3.25. The number of nitrogens with zero attached hydrogens (tertiary/aromatic N) is 1. The van der Waals surface area contributed by atoms with Crippen molar-refractivity contribution in [3.8, 4) is 0 Å². The van der Waals surface area contributed by atoms with E-state index in [0.717, 1.165) is 0 Å². The van der Waals surface area contributed by atoms with Crippen molar-refractivity contribution >= 4 is 6.03 Å². The van der Waals surface area contributed by atoms with E-state index < -0.39 is 0 Å². The molecule has 1 saturated heterocycles. The van der Waals surface area contributed by atoms with Crippen molar-refractivity contribution in [3.05, 3.63) is 0 Å². The van der Waals surface area contributed by atoms with Crippen LogP contribution in [0.3, 0.4) is 0 Å². The van der Waals surface area contributed by atoms with Crippen LogP contribution in [0.5, 0.6) is 0 Å². The second-order valence-electron chi connectivity index (χ2n) is 2.41. The van der Waals surface area contributed by atoms with Crippen molar-refractivity contribution in [2.75, 3.05) is 27.3 Å². The van der Waals surface area contributed by atoms with E-state index in [1.165, 1.54) is 0 Å². The summed E-state index contributed by atoms with van der Waals surface area (Å²) in [5.41, 5.74) is 0. The smallest absolute Gasteiger partial charge is 0.317 e. The van der Waals surface area contributed by atoms with Crippen LogP contribution in [0.4, 0.5) is 4.79 Å². The highest BCUT2D eigenvalue weighted by atomic mass is 16.5. The van der Waals surface area contributed by atoms with Crippen molar-refractivity contribution in [3.63, 3.8) is 0 Å². The van der Waals surface area contributed by atoms with Gasteiger partial charge in [0.1, 0.15) is 0 Å². The predicted octanol–water partition coefficient (Wildman–Crippen LogP) is -0.344. The van der Waals surface area contributed by atoms with Crippen molar-refractivity contribution in [2.24, 2.45) is 0 Å². The minimum atomic E-state index is -0.0120. The zero-order chi connectivity index (χ0) is 7.56. The molecule has 0 spiro atoms. The lowest BCUT2D eigenvalue weighted by atomic mass is 10.3. The number of urea groups is 1. The summed E-state index contributed by atoms with van der Waals surface area (Å²) in [4.78, 5) is 12.5. The lowest BCUT2D eigenvalue weighted by Crippen LogP contribution is -2.33. The topological polar surface area (TPSA) is 41.6 Å². The van der Waals surface area contributed by atoms with Crippen LogP contribution in [0.15, 0.2) is 0 Å². The van der Waals surface area contributed by atoms with Crippen molar-refractivity contribution < 1.29 is 9.53 Å². The van der Waals surface area contributed by atoms with Gasteiger partial charge in [0.05, 0.1) is 12.6 Å². The average molecular weight is 144 g/mol. The monoisotopic (exact) mass is 144 g/mol. The number of carbonyl (C=O) groups excluding carboxylic acids is 1. The first-order chi connectivity index (χ1) is 4.75. The summed E-state index contributed by atoms with van der Waals surface area (Å²) in [6, 6.07) is 0.194. The molecule has 1 heterocycles. The number of nitrogens with one attached hydrogen (secondary N) is 1. The van der Waals surface area contributed by atoms with Gasteiger partial charge in [-0.05, 0) is 0 Å². The number of likely N-dealkylation sites (N-methyl/N-ethyl adjacent to an activating group) is 1. The Balaban J connectivity index is 2.41. The van der Waals surface area contributed by atoms with Crippen LogP contribution in [0.1, 0.15) is 0 Å². The Morgan fingerprint density at radius 2 is 2.60 bits per heavy atom. The number of ether oxygens (including phenoxy) is 1. The summed E-state index contributed by atoms with van der Waals surface area (Å²) in [5.74, 6) is 0. The molecular weight excluding hydrogens is 132 g/mol. The lowest BCUT2D eigenvalue weighted by molar-refractivity contribution is 0.138. The van der Waals surface area contributed by atoms with E-state index in [9.17, 15) is 4.79 Å². The summed E-state index contributed by atoms with van der Waals surface area (Å²) in [6.45, 7) is 1.30. The molecule has 1 fully saturated rings. The number of methoxy groups -OCH3 is 1. The van der Waals surface area contributed by atoms with Crippen LogP contribution in [0, 0.1) is 0 Å². The molecule has 0 radical (unpaired) electrons. The number of carbonyl (C=O) groups is 1. The molecule has 58 valence electrons. The fraction of sp³-hybridized carbons (Fsp3) is 0.833. The van der Waals surface area contributed by atoms with Crippen LogP contribution in [-0.2, 0) is 4.74 Å². The minimum Gasteiger partial charge on any atom is -0.382 e. The lowest BCUT2D eigenvalue weighted by Gasteiger charge is -2.15. The molecule has 0 bridgehead atoms. The van der Waals surface area contributed by atoms with Crippen molar-refractivity contribution in [1.82, 2.24) is 10.2 Å². The Morgan fingerprint density at radius 3 is 3.00 bits per heavy atom. The molecule has 1 aliphatic rings. The second-order valence-corrected chi connectivity index (χ2v) is 2.41. The number of rotatable bonds is 2. The summed E-state index contributed by atoms with van der Waals surface area (Å²) < 4.78 is 4.91. The highest BCUT2D eigenvalue weighted by molar-refractivity contribution is 5.76. The molecular formula is C6H12N2O2. The fourth-order valence-electron chi connectivity index (χ4n) is 0.996. The SMILES string of the molecule is COCC1CNC(=O)N1C. The third kappa shape index (κ3) is 1.21. The van der Waals surface area contributed by atoms with Gasteiger partial charge in [0.25, 0.3) is 0 Å². The van der Waals surface area contributed by atoms with Gasteiger partial charge in [0.15, 0.2) is 0 Å². The average Bonchev–Trinajstić information content (AvgIpc) is 2.20. The van der Waals surface area contributed by atoms with Crippen LogP contribution >= 0.6 is 0 Å². The second kappa shape index (κ2) is 2.88. The largest absolute Gasteiger partial charge is 0.382 e. The maximum Gasteiger partial charge on any atom is 0.317 e. The Labute approximate surface area is 60.1 Å². The Kier molecular flexibility index (Phi) is 2.11. The number of hydrogen-bond acceptors (Lipinski definition) is 2. The number of hydrogen-bond donors (Lipinski definition) is 1. The first kappa shape index (κ1) is 7.34. The Bertz CT molecular complexity index is 138. The Morgan fingerprint density at radius 1 is 1.90 bits per heavy atom. The summed E-state index contributed by atoms with van der Waals surface area (Å²) in [5, 5.41) is 2.71. The van der Waals surface area contributed by atoms with E-state index in [4.69, 9.17) is 4.74 Å². The van der Waals surface area contributed by atoms with Crippen LogP contribution in [-0.4, -0.2) is 44.3 Å². The van der Waals surface area contributed by atoms with Gasteiger partial charge in [0.2, 0.25) is 0 Å². The van der Waals surface area contributed by atoms with Gasteiger partial charge in [0, 0.05) is 20.7 Å². The van der Waals surface area contributed by atoms with Crippen molar-refractivity contribution in [1.29, 1.82) is 0 Å². The maximum atomic E-state index is 10.8. The molecule has 4 heteroatoms. The summed E-state index contributed by atoms with van der Waals surface area (Å²) in [7, 11) is 3.41. The molecule has 0 aromatic rings. The molecule has 0 aromatic carbocycles. The molecule has 4 nitrogen and oxygen atoms in total. The maximum absolute atomic E-state index is 10.8. The molecule has 1 N–H and O–H groups in total. The van der Waals surface area contributed by atoms with E-state index >= 15 is 0 Å². The van der Waals surface area contributed by atoms with Crippen LogP contribution in [0.25, 0.3) is 0 Å². The van der Waals surface area contributed by atoms with Gasteiger partial charge in [-0.3, -0.25) is 0 Å². The van der Waals surface area contributed by atoms with Gasteiger partial charge < -0.3 is 15.0 Å². The minimum absolute atomic E-state index is 0.0120. The van der Waals surface area contributed by atoms with Crippen molar-refractivity contribution in [2.45, 2.75) is 6.04 Å². The molecule has 1 aliphatic heterocycles. The quantitative estimate of drug-likeness (QED) is 0.576. The highest BCUT2D eigenvalue weighted by Crippen LogP contribution is 2.02.